The summed E-state index contributed by atoms with van der Waals surface area (Å²) in [5, 5.41) is 15.7. The highest BCUT2D eigenvalue weighted by molar-refractivity contribution is 5.39. The van der Waals surface area contributed by atoms with Gasteiger partial charge in [0.15, 0.2) is 5.82 Å². The second kappa shape index (κ2) is 4.52. The van der Waals surface area contributed by atoms with Crippen LogP contribution < -0.4 is 5.32 Å². The standard InChI is InChI=1S/C9H11N5O/c15-5-3-10-8-6-9(12-7-11-8)14-4-1-2-13-14/h1-2,4,6-7,15H,3,5H2,(H,10,11,12). The van der Waals surface area contributed by atoms with Crippen molar-refractivity contribution in [2.45, 2.75) is 0 Å². The average Bonchev–Trinajstić information content (AvgIpc) is 2.80. The van der Waals surface area contributed by atoms with E-state index < -0.39 is 0 Å². The smallest absolute Gasteiger partial charge is 0.158 e. The summed E-state index contributed by atoms with van der Waals surface area (Å²) < 4.78 is 1.64. The second-order valence-electron chi connectivity index (χ2n) is 2.86. The highest BCUT2D eigenvalue weighted by Crippen LogP contribution is 2.06. The highest BCUT2D eigenvalue weighted by atomic mass is 16.3. The second-order valence-corrected chi connectivity index (χ2v) is 2.86. The van der Waals surface area contributed by atoms with E-state index in [2.05, 4.69) is 20.4 Å². The van der Waals surface area contributed by atoms with Crippen LogP contribution in [0.4, 0.5) is 5.82 Å². The molecule has 0 saturated heterocycles. The van der Waals surface area contributed by atoms with Gasteiger partial charge in [-0.05, 0) is 6.07 Å². The summed E-state index contributed by atoms with van der Waals surface area (Å²) in [6.07, 6.45) is 4.94. The molecule has 6 nitrogen and oxygen atoms in total. The van der Waals surface area contributed by atoms with E-state index in [1.54, 1.807) is 23.1 Å². The Labute approximate surface area is 86.6 Å². The topological polar surface area (TPSA) is 75.9 Å². The van der Waals surface area contributed by atoms with Crippen molar-refractivity contribution >= 4 is 5.82 Å². The summed E-state index contributed by atoms with van der Waals surface area (Å²) in [4.78, 5) is 8.09. The van der Waals surface area contributed by atoms with E-state index in [0.29, 0.717) is 18.2 Å². The van der Waals surface area contributed by atoms with E-state index in [9.17, 15) is 0 Å². The molecule has 0 atom stereocenters. The Morgan fingerprint density at radius 3 is 3.07 bits per heavy atom. The Morgan fingerprint density at radius 1 is 1.40 bits per heavy atom. The fourth-order valence-electron chi connectivity index (χ4n) is 1.16. The first-order chi connectivity index (χ1) is 7.40. The summed E-state index contributed by atoms with van der Waals surface area (Å²) in [5.41, 5.74) is 0. The lowest BCUT2D eigenvalue weighted by atomic mass is 10.5. The third-order valence-electron chi connectivity index (χ3n) is 1.81. The van der Waals surface area contributed by atoms with Crippen LogP contribution in [0.5, 0.6) is 0 Å². The van der Waals surface area contributed by atoms with E-state index in [1.165, 1.54) is 6.33 Å². The van der Waals surface area contributed by atoms with Crippen molar-refractivity contribution in [3.05, 3.63) is 30.9 Å². The molecule has 0 spiro atoms. The van der Waals surface area contributed by atoms with Gasteiger partial charge < -0.3 is 10.4 Å². The number of rotatable bonds is 4. The molecule has 2 aromatic heterocycles. The zero-order chi connectivity index (χ0) is 10.5. The first-order valence-corrected chi connectivity index (χ1v) is 4.57. The molecule has 0 aliphatic heterocycles. The van der Waals surface area contributed by atoms with Crippen LogP contribution in [0.1, 0.15) is 0 Å². The van der Waals surface area contributed by atoms with Gasteiger partial charge in [0.25, 0.3) is 0 Å². The van der Waals surface area contributed by atoms with Crippen molar-refractivity contribution in [1.82, 2.24) is 19.7 Å². The summed E-state index contributed by atoms with van der Waals surface area (Å²) in [6.45, 7) is 0.538. The Hall–Kier alpha value is -1.95. The average molecular weight is 205 g/mol. The lowest BCUT2D eigenvalue weighted by Crippen LogP contribution is -2.08. The lowest BCUT2D eigenvalue weighted by molar-refractivity contribution is 0.311. The quantitative estimate of drug-likeness (QED) is 0.738. The van der Waals surface area contributed by atoms with Crippen LogP contribution >= 0.6 is 0 Å². The summed E-state index contributed by atoms with van der Waals surface area (Å²) in [7, 11) is 0. The molecule has 2 rings (SSSR count). The molecule has 15 heavy (non-hydrogen) atoms. The van der Waals surface area contributed by atoms with Crippen LogP contribution in [0.3, 0.4) is 0 Å². The van der Waals surface area contributed by atoms with Crippen molar-refractivity contribution in [3.8, 4) is 5.82 Å². The van der Waals surface area contributed by atoms with Gasteiger partial charge in [-0.1, -0.05) is 0 Å². The van der Waals surface area contributed by atoms with Gasteiger partial charge in [0, 0.05) is 25.0 Å². The van der Waals surface area contributed by atoms with Gasteiger partial charge in [0.1, 0.15) is 12.1 Å². The molecular weight excluding hydrogens is 194 g/mol. The number of anilines is 1. The van der Waals surface area contributed by atoms with Crippen LogP contribution in [-0.4, -0.2) is 38.0 Å². The molecule has 2 heterocycles. The zero-order valence-corrected chi connectivity index (χ0v) is 8.04. The fourth-order valence-corrected chi connectivity index (χ4v) is 1.16. The van der Waals surface area contributed by atoms with E-state index in [0.717, 1.165) is 0 Å². The van der Waals surface area contributed by atoms with Crippen molar-refractivity contribution in [1.29, 1.82) is 0 Å². The van der Waals surface area contributed by atoms with Gasteiger partial charge in [-0.3, -0.25) is 0 Å². The maximum absolute atomic E-state index is 8.66. The molecule has 0 bridgehead atoms. The molecule has 2 N–H and O–H groups in total. The predicted octanol–water partition coefficient (Wildman–Crippen LogP) is 0.0665. The number of hydrogen-bond acceptors (Lipinski definition) is 5. The van der Waals surface area contributed by atoms with E-state index in [-0.39, 0.29) is 6.61 Å². The third kappa shape index (κ3) is 2.29. The summed E-state index contributed by atoms with van der Waals surface area (Å²) in [6, 6.07) is 3.59. The number of aromatic nitrogens is 4. The Morgan fingerprint density at radius 2 is 2.33 bits per heavy atom. The molecule has 2 aromatic rings. The van der Waals surface area contributed by atoms with Gasteiger partial charge in [0.2, 0.25) is 0 Å². The largest absolute Gasteiger partial charge is 0.395 e. The molecule has 0 saturated carbocycles. The summed E-state index contributed by atoms with van der Waals surface area (Å²) in [5.74, 6) is 1.36. The van der Waals surface area contributed by atoms with Gasteiger partial charge in [-0.25, -0.2) is 14.6 Å². The number of aliphatic hydroxyl groups excluding tert-OH is 1. The Bertz CT molecular complexity index is 414. The lowest BCUT2D eigenvalue weighted by Gasteiger charge is -2.04. The normalized spacial score (nSPS) is 10.2. The molecule has 0 amide bonds. The molecule has 0 fully saturated rings. The minimum Gasteiger partial charge on any atom is -0.395 e. The van der Waals surface area contributed by atoms with Crippen LogP contribution in [-0.2, 0) is 0 Å². The third-order valence-corrected chi connectivity index (χ3v) is 1.81. The zero-order valence-electron chi connectivity index (χ0n) is 8.04. The maximum Gasteiger partial charge on any atom is 0.158 e. The molecule has 78 valence electrons. The van der Waals surface area contributed by atoms with Gasteiger partial charge in [-0.2, -0.15) is 5.10 Å². The fraction of sp³-hybridized carbons (Fsp3) is 0.222. The van der Waals surface area contributed by atoms with Crippen LogP contribution in [0, 0.1) is 0 Å². The maximum atomic E-state index is 8.66. The SMILES string of the molecule is OCCNc1cc(-n2cccn2)ncn1. The number of aliphatic hydroxyl groups is 1. The van der Waals surface area contributed by atoms with Gasteiger partial charge in [-0.15, -0.1) is 0 Å². The minimum atomic E-state index is 0.0705. The van der Waals surface area contributed by atoms with Crippen LogP contribution in [0.2, 0.25) is 0 Å². The van der Waals surface area contributed by atoms with E-state index in [1.807, 2.05) is 6.07 Å². The molecular formula is C9H11N5O. The Balaban J connectivity index is 2.19. The monoisotopic (exact) mass is 205 g/mol. The molecule has 0 aliphatic carbocycles. The first kappa shape index (κ1) is 9.60. The van der Waals surface area contributed by atoms with Crippen LogP contribution in [0.25, 0.3) is 5.82 Å². The first-order valence-electron chi connectivity index (χ1n) is 4.57. The number of nitrogens with one attached hydrogen (secondary N) is 1. The van der Waals surface area contributed by atoms with E-state index in [4.69, 9.17) is 5.11 Å². The predicted molar refractivity (Wildman–Crippen MR) is 54.7 cm³/mol. The number of nitrogens with zero attached hydrogens (tertiary/aromatic N) is 4. The molecule has 0 radical (unpaired) electrons. The van der Waals surface area contributed by atoms with E-state index >= 15 is 0 Å². The minimum absolute atomic E-state index is 0.0705. The van der Waals surface area contributed by atoms with Gasteiger partial charge >= 0.3 is 0 Å². The summed E-state index contributed by atoms with van der Waals surface area (Å²) >= 11 is 0. The molecule has 0 unspecified atom stereocenters. The molecule has 6 heteroatoms. The van der Waals surface area contributed by atoms with Crippen molar-refractivity contribution in [2.24, 2.45) is 0 Å². The molecule has 0 aliphatic rings. The molecule has 0 aromatic carbocycles. The Kier molecular flexibility index (Phi) is 2.89. The van der Waals surface area contributed by atoms with Crippen molar-refractivity contribution in [3.63, 3.8) is 0 Å². The van der Waals surface area contributed by atoms with Crippen molar-refractivity contribution < 1.29 is 5.11 Å². The van der Waals surface area contributed by atoms with Crippen molar-refractivity contribution in [2.75, 3.05) is 18.5 Å². The highest BCUT2D eigenvalue weighted by Gasteiger charge is 1.99. The number of hydrogen-bond donors (Lipinski definition) is 2. The van der Waals surface area contributed by atoms with Gasteiger partial charge in [0.05, 0.1) is 6.61 Å². The van der Waals surface area contributed by atoms with Crippen LogP contribution in [0.15, 0.2) is 30.9 Å².